The molecule has 2 fully saturated rings. The van der Waals surface area contributed by atoms with Gasteiger partial charge >= 0.3 is 5.97 Å². The number of ether oxygens (including phenoxy) is 4. The van der Waals surface area contributed by atoms with Crippen molar-refractivity contribution < 1.29 is 89.8 Å². The van der Waals surface area contributed by atoms with Gasteiger partial charge in [-0.3, -0.25) is 9.59 Å². The van der Waals surface area contributed by atoms with Crippen LogP contribution in [0.3, 0.4) is 0 Å². The topological polar surface area (TPSA) is 352 Å². The first-order valence-electron chi connectivity index (χ1n) is 23.6. The molecular formula is C49H78N2O18. The molecule has 0 aromatic carbocycles. The van der Waals surface area contributed by atoms with Crippen molar-refractivity contribution in [3.8, 4) is 0 Å². The molecule has 1 amide bonds. The molecule has 0 aromatic heterocycles. The normalized spacial score (nSPS) is 41.6. The fourth-order valence-corrected chi connectivity index (χ4v) is 8.02. The Labute approximate surface area is 404 Å². The molecule has 3 rings (SSSR count). The number of esters is 1. The maximum atomic E-state index is 13.9. The Balaban J connectivity index is 1.93. The van der Waals surface area contributed by atoms with E-state index in [0.717, 1.165) is 0 Å². The van der Waals surface area contributed by atoms with E-state index in [2.05, 4.69) is 5.32 Å². The average Bonchev–Trinajstić information content (AvgIpc) is 3.27. The minimum Gasteiger partial charge on any atom is -0.462 e. The molecule has 0 spiro atoms. The second kappa shape index (κ2) is 29.7. The average molecular weight is 983 g/mol. The van der Waals surface area contributed by atoms with Crippen LogP contribution in [0.2, 0.25) is 0 Å². The molecule has 20 nitrogen and oxygen atoms in total. The molecule has 0 aliphatic carbocycles. The van der Waals surface area contributed by atoms with E-state index in [1.54, 1.807) is 85.9 Å². The molecule has 0 aromatic rings. The van der Waals surface area contributed by atoms with Crippen LogP contribution in [-0.2, 0) is 28.5 Å². The first-order chi connectivity index (χ1) is 32.6. The number of carbonyl (C=O) groups excluding carboxylic acids is 2. The van der Waals surface area contributed by atoms with Crippen LogP contribution in [0.25, 0.3) is 0 Å². The van der Waals surface area contributed by atoms with Gasteiger partial charge < -0.3 is 91.3 Å². The summed E-state index contributed by atoms with van der Waals surface area (Å²) in [7, 11) is 0. The molecule has 20 heteroatoms. The van der Waals surface area contributed by atoms with Gasteiger partial charge in [0.25, 0.3) is 0 Å². The maximum Gasteiger partial charge on any atom is 0.308 e. The van der Waals surface area contributed by atoms with Crippen molar-refractivity contribution in [2.24, 2.45) is 17.6 Å². The fraction of sp³-hybridized carbons (Fsp3) is 0.673. The molecule has 69 heavy (non-hydrogen) atoms. The van der Waals surface area contributed by atoms with E-state index in [-0.39, 0.29) is 44.6 Å². The summed E-state index contributed by atoms with van der Waals surface area (Å²) in [6, 6.07) is -1.15. The van der Waals surface area contributed by atoms with Gasteiger partial charge in [-0.25, -0.2) is 0 Å². The zero-order valence-electron chi connectivity index (χ0n) is 39.7. The van der Waals surface area contributed by atoms with Gasteiger partial charge in [0.2, 0.25) is 5.91 Å². The number of amides is 1. The van der Waals surface area contributed by atoms with Gasteiger partial charge in [0.1, 0.15) is 12.2 Å². The highest BCUT2D eigenvalue weighted by atomic mass is 16.7. The van der Waals surface area contributed by atoms with Crippen LogP contribution in [0.4, 0.5) is 0 Å². The van der Waals surface area contributed by atoms with Crippen molar-refractivity contribution in [2.45, 2.75) is 175 Å². The SMILES string of the molecule is C[C@H]1C[C@H](O)[C@@H](C)/C=C/C=C/C=C/C=C/C=C/C=C/C=C/C(O[C@@H]2OC[C@@H](O)[C@H](N)[C@@H]2O)C[C@@H]2OC(O)(CC(O)CC(O)[C@H](O)CCC(O)CC(O)CC(=O)O1)C[C@H](O)[C@H]2C(=O)NC(C)(CO)CO. The van der Waals surface area contributed by atoms with Crippen molar-refractivity contribution in [1.29, 1.82) is 0 Å². The van der Waals surface area contributed by atoms with E-state index in [1.807, 2.05) is 6.92 Å². The molecule has 392 valence electrons. The monoisotopic (exact) mass is 983 g/mol. The third-order valence-electron chi connectivity index (χ3n) is 12.2. The highest BCUT2D eigenvalue weighted by molar-refractivity contribution is 5.81. The van der Waals surface area contributed by atoms with Gasteiger partial charge in [-0.2, -0.15) is 0 Å². The zero-order valence-corrected chi connectivity index (χ0v) is 39.7. The Hall–Kier alpha value is -3.52. The Bertz CT molecular complexity index is 1750. The Morgan fingerprint density at radius 2 is 1.30 bits per heavy atom. The van der Waals surface area contributed by atoms with Crippen molar-refractivity contribution >= 4 is 11.9 Å². The lowest BCUT2D eigenvalue weighted by Gasteiger charge is -2.46. The summed E-state index contributed by atoms with van der Waals surface area (Å²) in [5, 5.41) is 131. The minimum atomic E-state index is -2.36. The van der Waals surface area contributed by atoms with Gasteiger partial charge in [0, 0.05) is 38.0 Å². The Kier molecular flexibility index (Phi) is 25.8. The van der Waals surface area contributed by atoms with Gasteiger partial charge in [-0.05, 0) is 33.1 Å². The molecule has 3 aliphatic heterocycles. The van der Waals surface area contributed by atoms with E-state index in [1.165, 1.54) is 13.0 Å². The van der Waals surface area contributed by atoms with Crippen LogP contribution >= 0.6 is 0 Å². The number of hydrogen-bond acceptors (Lipinski definition) is 19. The number of nitrogens with one attached hydrogen (secondary N) is 1. The second-order valence-corrected chi connectivity index (χ2v) is 18.7. The molecule has 15 N–H and O–H groups in total. The molecule has 17 atom stereocenters. The van der Waals surface area contributed by atoms with Crippen LogP contribution in [0.5, 0.6) is 0 Å². The Morgan fingerprint density at radius 1 is 0.725 bits per heavy atom. The highest BCUT2D eigenvalue weighted by Crippen LogP contribution is 2.38. The standard InChI is InChI=1S/C49H78N2O18/c1-30-16-14-12-10-8-6-4-5-7-9-11-13-15-17-35(68-47-45(63)44(50)40(61)27-66-47)24-41-43(46(64)51-48(3,28-52)29-53)39(60)26-49(65,69-41)25-34(56)22-38(59)36(57)19-18-32(54)21-33(55)23-42(62)67-31(2)20-37(30)58/h4-17,30-41,43-45,47,52-61,63,65H,18-29,50H2,1-3H3,(H,51,64)/b5-4+,8-6+,9-7+,12-10+,13-11+,16-14+,17-15+/t30-,31-,32?,33?,34?,35?,36+,37-,38?,39-,40+,41-,43+,44-,45-,47-,49?/m0/s1. The first kappa shape index (κ1) is 59.8. The summed E-state index contributed by atoms with van der Waals surface area (Å²) in [5.41, 5.74) is 4.46. The number of aliphatic hydroxyl groups is 12. The maximum absolute atomic E-state index is 13.9. The lowest BCUT2D eigenvalue weighted by molar-refractivity contribution is -0.304. The quantitative estimate of drug-likeness (QED) is 0.140. The number of fused-ring (bicyclic) bond motifs is 2. The Morgan fingerprint density at radius 3 is 1.90 bits per heavy atom. The lowest BCUT2D eigenvalue weighted by Crippen LogP contribution is -2.62. The summed E-state index contributed by atoms with van der Waals surface area (Å²) in [6.07, 6.45) is 4.28. The zero-order chi connectivity index (χ0) is 51.3. The summed E-state index contributed by atoms with van der Waals surface area (Å²) < 4.78 is 23.2. The van der Waals surface area contributed by atoms with Crippen molar-refractivity contribution in [2.75, 3.05) is 19.8 Å². The molecule has 2 bridgehead atoms. The minimum absolute atomic E-state index is 0.118. The number of aliphatic hydroxyl groups excluding tert-OH is 11. The van der Waals surface area contributed by atoms with E-state index in [4.69, 9.17) is 24.7 Å². The van der Waals surface area contributed by atoms with E-state index < -0.39 is 154 Å². The molecular weight excluding hydrogens is 905 g/mol. The van der Waals surface area contributed by atoms with Gasteiger partial charge in [-0.1, -0.05) is 92.0 Å². The third-order valence-corrected chi connectivity index (χ3v) is 12.2. The smallest absolute Gasteiger partial charge is 0.308 e. The van der Waals surface area contributed by atoms with E-state index in [0.29, 0.717) is 0 Å². The number of allylic oxidation sites excluding steroid dienone is 12. The number of cyclic esters (lactones) is 1. The van der Waals surface area contributed by atoms with Crippen molar-refractivity contribution in [1.82, 2.24) is 5.32 Å². The van der Waals surface area contributed by atoms with Gasteiger partial charge in [0.15, 0.2) is 12.1 Å². The first-order valence-corrected chi connectivity index (χ1v) is 23.6. The van der Waals surface area contributed by atoms with E-state index in [9.17, 15) is 70.9 Å². The third kappa shape index (κ3) is 21.0. The number of nitrogens with two attached hydrogens (primary N) is 1. The summed E-state index contributed by atoms with van der Waals surface area (Å²) in [6.45, 7) is 3.15. The predicted molar refractivity (Wildman–Crippen MR) is 251 cm³/mol. The van der Waals surface area contributed by atoms with Crippen molar-refractivity contribution in [3.05, 3.63) is 85.1 Å². The van der Waals surface area contributed by atoms with Gasteiger partial charge in [-0.15, -0.1) is 0 Å². The number of hydrogen-bond donors (Lipinski definition) is 14. The predicted octanol–water partition coefficient (Wildman–Crippen LogP) is -1.15. The molecule has 3 aliphatic rings. The summed E-state index contributed by atoms with van der Waals surface area (Å²) in [4.78, 5) is 26.4. The van der Waals surface area contributed by atoms with Crippen LogP contribution in [0.1, 0.15) is 78.6 Å². The fourth-order valence-electron chi connectivity index (χ4n) is 8.02. The number of rotatable bonds is 6. The highest BCUT2D eigenvalue weighted by Gasteiger charge is 2.51. The molecule has 0 saturated carbocycles. The van der Waals surface area contributed by atoms with Crippen molar-refractivity contribution in [3.63, 3.8) is 0 Å². The summed E-state index contributed by atoms with van der Waals surface area (Å²) in [5.74, 6) is -5.72. The van der Waals surface area contributed by atoms with Crippen LogP contribution in [0.15, 0.2) is 85.1 Å². The molecule has 0 radical (unpaired) electrons. The second-order valence-electron chi connectivity index (χ2n) is 18.7. The molecule has 6 unspecified atom stereocenters. The van der Waals surface area contributed by atoms with Crippen LogP contribution in [-0.4, -0.2) is 190 Å². The lowest BCUT2D eigenvalue weighted by atomic mass is 9.81. The van der Waals surface area contributed by atoms with Crippen LogP contribution < -0.4 is 11.1 Å². The van der Waals surface area contributed by atoms with Gasteiger partial charge in [0.05, 0.1) is 105 Å². The number of carbonyl (C=O) groups is 2. The van der Waals surface area contributed by atoms with E-state index >= 15 is 0 Å². The van der Waals surface area contributed by atoms with Crippen LogP contribution in [0, 0.1) is 11.8 Å². The summed E-state index contributed by atoms with van der Waals surface area (Å²) >= 11 is 0. The molecule has 3 heterocycles. The largest absolute Gasteiger partial charge is 0.462 e. The molecule has 2 saturated heterocycles.